The average Bonchev–Trinajstić information content (AvgIpc) is 3.69. The van der Waals surface area contributed by atoms with Gasteiger partial charge in [0.1, 0.15) is 11.4 Å². The number of halogens is 3. The zero-order chi connectivity index (χ0) is 30.1. The maximum Gasteiger partial charge on any atom is 0.429 e. The van der Waals surface area contributed by atoms with E-state index in [9.17, 15) is 18.0 Å². The molecule has 3 atom stereocenters. The van der Waals surface area contributed by atoms with Crippen LogP contribution in [0.2, 0.25) is 0 Å². The minimum absolute atomic E-state index is 0.0168. The first-order valence-electron chi connectivity index (χ1n) is 14.2. The van der Waals surface area contributed by atoms with Crippen LogP contribution in [0.3, 0.4) is 0 Å². The second-order valence-corrected chi connectivity index (χ2v) is 12.2. The molecule has 4 bridgehead atoms. The predicted molar refractivity (Wildman–Crippen MR) is 161 cm³/mol. The van der Waals surface area contributed by atoms with E-state index in [-0.39, 0.29) is 17.2 Å². The van der Waals surface area contributed by atoms with Gasteiger partial charge in [-0.2, -0.15) is 13.2 Å². The van der Waals surface area contributed by atoms with Crippen molar-refractivity contribution in [3.63, 3.8) is 0 Å². The van der Waals surface area contributed by atoms with Gasteiger partial charge in [-0.25, -0.2) is 4.99 Å². The highest BCUT2D eigenvalue weighted by Gasteiger charge is 2.37. The summed E-state index contributed by atoms with van der Waals surface area (Å²) in [4.78, 5) is 17.6. The van der Waals surface area contributed by atoms with Gasteiger partial charge in [0, 0.05) is 31.2 Å². The standard InChI is InChI=1S/C33H36F3N5O/c1-32(2,3)24-12-10-21(11-13-24)30-22-7-5-9-26(15-22)41-31(42)28(17-29(37)33(34,35)36)40-25-8-4-6-20(14-25)18-38-27-16-23(27)19-39-30/h4-15,23,27,30,37-39H,16-19H2,1-3H3,(H,41,42). The van der Waals surface area contributed by atoms with E-state index in [1.165, 1.54) is 5.56 Å². The first-order chi connectivity index (χ1) is 19.9. The van der Waals surface area contributed by atoms with Crippen LogP contribution in [0.5, 0.6) is 0 Å². The molecule has 2 aliphatic rings. The van der Waals surface area contributed by atoms with E-state index in [4.69, 9.17) is 5.41 Å². The minimum Gasteiger partial charge on any atom is -0.321 e. The van der Waals surface area contributed by atoms with Crippen molar-refractivity contribution in [3.8, 4) is 0 Å². The quantitative estimate of drug-likeness (QED) is 0.258. The van der Waals surface area contributed by atoms with Gasteiger partial charge in [-0.15, -0.1) is 0 Å². The SMILES string of the molecule is CC(C)(C)c1ccc(C2NCC3CC3NCc3cccc(c3)N=C(CC(=N)C(F)(F)F)C(=O)Nc3cccc2c3)cc1. The molecule has 3 unspecified atom stereocenters. The van der Waals surface area contributed by atoms with Crippen molar-refractivity contribution in [2.45, 2.75) is 63.8 Å². The summed E-state index contributed by atoms with van der Waals surface area (Å²) in [5, 5.41) is 17.6. The van der Waals surface area contributed by atoms with Crippen molar-refractivity contribution in [1.82, 2.24) is 10.6 Å². The number of fused-ring (bicyclic) bond motifs is 5. The van der Waals surface area contributed by atoms with E-state index in [1.807, 2.05) is 24.3 Å². The zero-order valence-electron chi connectivity index (χ0n) is 24.0. The van der Waals surface area contributed by atoms with Gasteiger partial charge in [-0.05, 0) is 64.3 Å². The van der Waals surface area contributed by atoms with Crippen LogP contribution in [0.4, 0.5) is 24.5 Å². The number of aliphatic imine (C=N–C) groups is 1. The monoisotopic (exact) mass is 575 g/mol. The summed E-state index contributed by atoms with van der Waals surface area (Å²) >= 11 is 0. The van der Waals surface area contributed by atoms with Gasteiger partial charge in [-0.3, -0.25) is 4.79 Å². The van der Waals surface area contributed by atoms with Crippen LogP contribution in [-0.2, 0) is 16.8 Å². The summed E-state index contributed by atoms with van der Waals surface area (Å²) in [7, 11) is 0. The van der Waals surface area contributed by atoms with Crippen LogP contribution < -0.4 is 16.0 Å². The second kappa shape index (κ2) is 11.8. The maximum absolute atomic E-state index is 13.3. The van der Waals surface area contributed by atoms with Crippen molar-refractivity contribution in [1.29, 1.82) is 5.41 Å². The van der Waals surface area contributed by atoms with Crippen LogP contribution >= 0.6 is 0 Å². The fraction of sp³-hybridized carbons (Fsp3) is 0.364. The molecule has 0 saturated heterocycles. The number of hydrogen-bond acceptors (Lipinski definition) is 5. The van der Waals surface area contributed by atoms with E-state index in [0.717, 1.165) is 29.7 Å². The number of amides is 1. The first kappa shape index (κ1) is 29.7. The molecule has 6 nitrogen and oxygen atoms in total. The van der Waals surface area contributed by atoms with E-state index < -0.39 is 24.2 Å². The molecular weight excluding hydrogens is 539 g/mol. The molecule has 0 radical (unpaired) electrons. The predicted octanol–water partition coefficient (Wildman–Crippen LogP) is 6.84. The Morgan fingerprint density at radius 3 is 2.40 bits per heavy atom. The molecule has 1 aliphatic heterocycles. The average molecular weight is 576 g/mol. The van der Waals surface area contributed by atoms with Crippen molar-refractivity contribution in [2.24, 2.45) is 10.9 Å². The van der Waals surface area contributed by atoms with Crippen LogP contribution in [0, 0.1) is 11.3 Å². The molecule has 5 rings (SSSR count). The molecule has 1 heterocycles. The Kier molecular flexibility index (Phi) is 8.35. The van der Waals surface area contributed by atoms with Gasteiger partial charge >= 0.3 is 6.18 Å². The number of carbonyl (C=O) groups excluding carboxylic acids is 1. The van der Waals surface area contributed by atoms with Gasteiger partial charge in [-0.1, -0.05) is 69.3 Å². The van der Waals surface area contributed by atoms with Crippen molar-refractivity contribution in [3.05, 3.63) is 95.1 Å². The Labute approximate surface area is 244 Å². The number of nitrogens with one attached hydrogen (secondary N) is 4. The molecule has 1 saturated carbocycles. The summed E-state index contributed by atoms with van der Waals surface area (Å²) in [5.41, 5.74) is 3.03. The van der Waals surface area contributed by atoms with Gasteiger partial charge < -0.3 is 21.4 Å². The molecule has 4 N–H and O–H groups in total. The Morgan fingerprint density at radius 2 is 1.69 bits per heavy atom. The maximum atomic E-state index is 13.3. The number of rotatable bonds is 3. The van der Waals surface area contributed by atoms with Gasteiger partial charge in [0.05, 0.1) is 11.7 Å². The number of carbonyl (C=O) groups is 1. The fourth-order valence-corrected chi connectivity index (χ4v) is 5.17. The number of hydrogen-bond donors (Lipinski definition) is 4. The largest absolute Gasteiger partial charge is 0.429 e. The van der Waals surface area contributed by atoms with E-state index >= 15 is 0 Å². The lowest BCUT2D eigenvalue weighted by Gasteiger charge is -2.23. The van der Waals surface area contributed by atoms with Gasteiger partial charge in [0.2, 0.25) is 0 Å². The highest BCUT2D eigenvalue weighted by molar-refractivity contribution is 6.46. The Morgan fingerprint density at radius 1 is 0.952 bits per heavy atom. The van der Waals surface area contributed by atoms with Crippen molar-refractivity contribution < 1.29 is 18.0 Å². The molecule has 1 aliphatic carbocycles. The zero-order valence-corrected chi connectivity index (χ0v) is 24.0. The molecule has 9 heteroatoms. The summed E-state index contributed by atoms with van der Waals surface area (Å²) in [6, 6.07) is 23.1. The lowest BCUT2D eigenvalue weighted by molar-refractivity contribution is -0.110. The molecule has 0 spiro atoms. The van der Waals surface area contributed by atoms with Crippen molar-refractivity contribution >= 4 is 28.7 Å². The van der Waals surface area contributed by atoms with Gasteiger partial charge in [0.15, 0.2) is 0 Å². The number of anilines is 1. The summed E-state index contributed by atoms with van der Waals surface area (Å²) < 4.78 is 39.9. The van der Waals surface area contributed by atoms with Crippen LogP contribution in [0.1, 0.15) is 61.9 Å². The molecule has 220 valence electrons. The van der Waals surface area contributed by atoms with Crippen LogP contribution in [0.15, 0.2) is 77.8 Å². The molecule has 1 fully saturated rings. The molecule has 3 aromatic rings. The molecule has 3 aromatic carbocycles. The topological polar surface area (TPSA) is 89.4 Å². The number of alkyl halides is 3. The smallest absolute Gasteiger partial charge is 0.321 e. The molecule has 42 heavy (non-hydrogen) atoms. The summed E-state index contributed by atoms with van der Waals surface area (Å²) in [5.74, 6) is -0.324. The number of benzene rings is 3. The first-order valence-corrected chi connectivity index (χ1v) is 14.2. The van der Waals surface area contributed by atoms with Crippen molar-refractivity contribution in [2.75, 3.05) is 11.9 Å². The van der Waals surface area contributed by atoms with Crippen LogP contribution in [-0.4, -0.2) is 36.1 Å². The normalized spacial score (nSPS) is 21.4. The van der Waals surface area contributed by atoms with E-state index in [1.54, 1.807) is 24.3 Å². The third kappa shape index (κ3) is 7.33. The second-order valence-electron chi connectivity index (χ2n) is 12.2. The third-order valence-corrected chi connectivity index (χ3v) is 7.79. The highest BCUT2D eigenvalue weighted by Crippen LogP contribution is 2.33. The third-order valence-electron chi connectivity index (χ3n) is 7.79. The number of nitrogens with zero attached hydrogens (tertiary/aromatic N) is 1. The Hall–Kier alpha value is -3.82. The van der Waals surface area contributed by atoms with E-state index in [0.29, 0.717) is 29.9 Å². The lowest BCUT2D eigenvalue weighted by Crippen LogP contribution is -2.31. The highest BCUT2D eigenvalue weighted by atomic mass is 19.4. The Balaban J connectivity index is 1.51. The Bertz CT molecular complexity index is 1490. The molecule has 0 aromatic heterocycles. The lowest BCUT2D eigenvalue weighted by atomic mass is 9.85. The summed E-state index contributed by atoms with van der Waals surface area (Å²) in [6.07, 6.45) is -4.75. The van der Waals surface area contributed by atoms with E-state index in [2.05, 4.69) is 66.0 Å². The summed E-state index contributed by atoms with van der Waals surface area (Å²) in [6.45, 7) is 7.89. The molecular formula is C33H36F3N5O. The minimum atomic E-state index is -4.86. The van der Waals surface area contributed by atoms with Gasteiger partial charge in [0.25, 0.3) is 5.91 Å². The molecule has 1 amide bonds. The fourth-order valence-electron chi connectivity index (χ4n) is 5.17. The van der Waals surface area contributed by atoms with Crippen LogP contribution in [0.25, 0.3) is 0 Å².